The molecule has 2 aromatic rings. The molecule has 2 aromatic carbocycles. The second-order valence-corrected chi connectivity index (χ2v) is 9.04. The van der Waals surface area contributed by atoms with Gasteiger partial charge in [0.15, 0.2) is 34.9 Å². The highest BCUT2D eigenvalue weighted by Gasteiger charge is 2.40. The topological polar surface area (TPSA) is 3.24 Å². The molecule has 34 heavy (non-hydrogen) atoms. The van der Waals surface area contributed by atoms with E-state index in [9.17, 15) is 43.9 Å². The maximum absolute atomic E-state index is 14.9. The number of hydrogen-bond acceptors (Lipinski definition) is 1. The molecule has 186 valence electrons. The Morgan fingerprint density at radius 1 is 0.471 bits per heavy atom. The third-order valence-electron chi connectivity index (χ3n) is 7.37. The first-order valence-electron chi connectivity index (χ1n) is 11.0. The van der Waals surface area contributed by atoms with Crippen molar-refractivity contribution in [3.8, 4) is 0 Å². The lowest BCUT2D eigenvalue weighted by atomic mass is 9.30. The molecule has 1 aliphatic carbocycles. The molecule has 2 atom stereocenters. The van der Waals surface area contributed by atoms with Crippen molar-refractivity contribution in [2.45, 2.75) is 50.4 Å². The summed E-state index contributed by atoms with van der Waals surface area (Å²) >= 11 is 0. The van der Waals surface area contributed by atoms with Crippen LogP contribution >= 0.6 is 0 Å². The SMILES string of the molecule is Fc1c(F)c(F)c([BH-](c2c(F)c(F)c(F)c(F)c2F)[C@H]2CCCC[C@@H]2N2CCCC2)c(F)c1F. The van der Waals surface area contributed by atoms with Crippen LogP contribution in [0.25, 0.3) is 0 Å². The Kier molecular flexibility index (Phi) is 6.90. The molecule has 2 aliphatic rings. The first-order chi connectivity index (χ1) is 16.1. The van der Waals surface area contributed by atoms with Crippen molar-refractivity contribution in [3.05, 3.63) is 58.2 Å². The first-order valence-corrected chi connectivity index (χ1v) is 11.0. The van der Waals surface area contributed by atoms with E-state index in [1.807, 2.05) is 4.90 Å². The van der Waals surface area contributed by atoms with E-state index in [2.05, 4.69) is 0 Å². The van der Waals surface area contributed by atoms with Gasteiger partial charge in [0.2, 0.25) is 0 Å². The number of nitrogens with zero attached hydrogens (tertiary/aromatic N) is 1. The van der Waals surface area contributed by atoms with Gasteiger partial charge in [-0.25, -0.2) is 43.9 Å². The minimum absolute atomic E-state index is 0.0557. The predicted molar refractivity (Wildman–Crippen MR) is 106 cm³/mol. The third kappa shape index (κ3) is 3.87. The average molecular weight is 498 g/mol. The van der Waals surface area contributed by atoms with Gasteiger partial charge in [-0.1, -0.05) is 19.3 Å². The van der Waals surface area contributed by atoms with Crippen LogP contribution in [0.15, 0.2) is 0 Å². The molecule has 0 unspecified atom stereocenters. The lowest BCUT2D eigenvalue weighted by Gasteiger charge is -2.47. The monoisotopic (exact) mass is 498 g/mol. The van der Waals surface area contributed by atoms with E-state index in [0.29, 0.717) is 32.4 Å². The summed E-state index contributed by atoms with van der Waals surface area (Å²) in [5.74, 6) is -24.7. The van der Waals surface area contributed by atoms with E-state index in [1.165, 1.54) is 0 Å². The molecule has 1 saturated carbocycles. The highest BCUT2D eigenvalue weighted by Crippen LogP contribution is 2.38. The molecular weight excluding hydrogens is 479 g/mol. The Morgan fingerprint density at radius 3 is 1.24 bits per heavy atom. The smallest absolute Gasteiger partial charge is 0.200 e. The Labute approximate surface area is 188 Å². The Hall–Kier alpha value is -2.24. The van der Waals surface area contributed by atoms with E-state index < -0.39 is 87.7 Å². The highest BCUT2D eigenvalue weighted by molar-refractivity contribution is 6.86. The second kappa shape index (κ2) is 9.43. The van der Waals surface area contributed by atoms with Crippen LogP contribution < -0.4 is 10.9 Å². The summed E-state index contributed by atoms with van der Waals surface area (Å²) in [4.78, 5) is 1.89. The van der Waals surface area contributed by atoms with E-state index in [0.717, 1.165) is 12.8 Å². The fourth-order valence-electron chi connectivity index (χ4n) is 5.89. The number of rotatable bonds is 4. The van der Waals surface area contributed by atoms with Crippen molar-refractivity contribution in [1.82, 2.24) is 4.90 Å². The van der Waals surface area contributed by atoms with Gasteiger partial charge in [-0.05, 0) is 38.4 Å². The Balaban J connectivity index is 2.04. The predicted octanol–water partition coefficient (Wildman–Crippen LogP) is 4.83. The fourth-order valence-corrected chi connectivity index (χ4v) is 5.89. The van der Waals surface area contributed by atoms with Crippen LogP contribution in [0.2, 0.25) is 5.82 Å². The van der Waals surface area contributed by atoms with Gasteiger partial charge in [0.25, 0.3) is 0 Å². The standard InChI is InChI=1S/C22H19BF10N/c24-13-11(14(25)18(29)21(32)17(13)28)23(12-15(26)19(30)22(33)20(31)16(12)27)9-5-1-2-6-10(9)34-7-3-4-8-34/h9-10,23H,1-8H2/q-1/t9-,10-/m0/s1. The summed E-state index contributed by atoms with van der Waals surface area (Å²) < 4.78 is 144. The normalized spacial score (nSPS) is 21.6. The molecule has 0 radical (unpaired) electrons. The third-order valence-corrected chi connectivity index (χ3v) is 7.37. The number of likely N-dealkylation sites (tertiary alicyclic amines) is 1. The van der Waals surface area contributed by atoms with Crippen LogP contribution in [0.3, 0.4) is 0 Å². The Morgan fingerprint density at radius 2 is 0.824 bits per heavy atom. The maximum Gasteiger partial charge on any atom is 0.200 e. The van der Waals surface area contributed by atoms with Gasteiger partial charge >= 0.3 is 0 Å². The van der Waals surface area contributed by atoms with E-state index in [4.69, 9.17) is 0 Å². The molecular formula is C22H19BF10N-. The van der Waals surface area contributed by atoms with Crippen molar-refractivity contribution in [2.24, 2.45) is 0 Å². The zero-order chi connectivity index (χ0) is 24.9. The van der Waals surface area contributed by atoms with Crippen LogP contribution in [0.1, 0.15) is 38.5 Å². The molecule has 0 bridgehead atoms. The Bertz CT molecular complexity index is 990. The van der Waals surface area contributed by atoms with Gasteiger partial charge in [-0.3, -0.25) is 0 Å². The van der Waals surface area contributed by atoms with Gasteiger partial charge in [-0.15, -0.1) is 16.7 Å². The zero-order valence-electron chi connectivity index (χ0n) is 17.7. The van der Waals surface area contributed by atoms with Crippen LogP contribution in [0.4, 0.5) is 43.9 Å². The van der Waals surface area contributed by atoms with Crippen LogP contribution in [0.5, 0.6) is 0 Å². The van der Waals surface area contributed by atoms with Crippen LogP contribution in [-0.2, 0) is 0 Å². The van der Waals surface area contributed by atoms with E-state index >= 15 is 0 Å². The van der Waals surface area contributed by atoms with Gasteiger partial charge in [0.05, 0.1) is 6.71 Å². The summed E-state index contributed by atoms with van der Waals surface area (Å²) in [6.45, 7) is -2.44. The van der Waals surface area contributed by atoms with Gasteiger partial charge in [0.1, 0.15) is 23.3 Å². The largest absolute Gasteiger partial charge is 0.303 e. The average Bonchev–Trinajstić information content (AvgIpc) is 3.38. The van der Waals surface area contributed by atoms with Crippen molar-refractivity contribution in [1.29, 1.82) is 0 Å². The molecule has 0 amide bonds. The molecule has 1 heterocycles. The number of halogens is 10. The lowest BCUT2D eigenvalue weighted by Crippen LogP contribution is -2.58. The summed E-state index contributed by atoms with van der Waals surface area (Å²) in [5, 5.41) is 0. The highest BCUT2D eigenvalue weighted by atomic mass is 19.2. The van der Waals surface area contributed by atoms with E-state index in [-0.39, 0.29) is 6.42 Å². The molecule has 0 aromatic heterocycles. The quantitative estimate of drug-likeness (QED) is 0.253. The van der Waals surface area contributed by atoms with Crippen LogP contribution in [0, 0.1) is 58.2 Å². The van der Waals surface area contributed by atoms with Crippen molar-refractivity contribution < 1.29 is 43.9 Å². The molecule has 2 fully saturated rings. The number of hydrogen-bond donors (Lipinski definition) is 0. The summed E-state index contributed by atoms with van der Waals surface area (Å²) in [6.07, 6.45) is 2.98. The van der Waals surface area contributed by atoms with Crippen molar-refractivity contribution in [2.75, 3.05) is 13.1 Å². The molecule has 1 saturated heterocycles. The molecule has 4 rings (SSSR count). The summed E-state index contributed by atoms with van der Waals surface area (Å²) in [7, 11) is 0. The maximum atomic E-state index is 14.9. The van der Waals surface area contributed by atoms with Crippen molar-refractivity contribution >= 4 is 17.6 Å². The number of benzene rings is 2. The molecule has 0 spiro atoms. The van der Waals surface area contributed by atoms with E-state index in [1.54, 1.807) is 0 Å². The molecule has 1 aliphatic heterocycles. The first kappa shape index (κ1) is 24.9. The van der Waals surface area contributed by atoms with Crippen molar-refractivity contribution in [3.63, 3.8) is 0 Å². The van der Waals surface area contributed by atoms with Crippen LogP contribution in [-0.4, -0.2) is 30.7 Å². The molecule has 0 N–H and O–H groups in total. The molecule has 1 nitrogen and oxygen atoms in total. The molecule has 12 heteroatoms. The minimum Gasteiger partial charge on any atom is -0.303 e. The van der Waals surface area contributed by atoms with Gasteiger partial charge < -0.3 is 4.90 Å². The summed E-state index contributed by atoms with van der Waals surface area (Å²) in [5.41, 5.74) is -3.04. The minimum atomic E-state index is -3.50. The fraction of sp³-hybridized carbons (Fsp3) is 0.455. The van der Waals surface area contributed by atoms with Gasteiger partial charge in [0, 0.05) is 0 Å². The zero-order valence-corrected chi connectivity index (χ0v) is 17.7. The van der Waals surface area contributed by atoms with Gasteiger partial charge in [-0.2, -0.15) is 0 Å². The summed E-state index contributed by atoms with van der Waals surface area (Å²) in [6, 6.07) is -0.582. The lowest BCUT2D eigenvalue weighted by molar-refractivity contribution is 0.190. The second-order valence-electron chi connectivity index (χ2n) is 9.04.